The fourth-order valence-corrected chi connectivity index (χ4v) is 2.42. The second kappa shape index (κ2) is 18.6. The van der Waals surface area contributed by atoms with E-state index in [2.05, 4.69) is 15.8 Å². The van der Waals surface area contributed by atoms with Gasteiger partial charge in [0, 0.05) is 12.1 Å². The van der Waals surface area contributed by atoms with Crippen molar-refractivity contribution in [2.45, 2.75) is 48.0 Å². The molecular weight excluding hydrogens is 382 g/mol. The van der Waals surface area contributed by atoms with Gasteiger partial charge in [0.2, 0.25) is 0 Å². The molecule has 0 spiro atoms. The zero-order chi connectivity index (χ0) is 23.3. The summed E-state index contributed by atoms with van der Waals surface area (Å²) in [5.41, 5.74) is 6.22. The molecule has 2 amide bonds. The quantitative estimate of drug-likeness (QED) is 0.326. The summed E-state index contributed by atoms with van der Waals surface area (Å²) in [6.07, 6.45) is 0.635. The molecule has 2 N–H and O–H groups in total. The third-order valence-electron chi connectivity index (χ3n) is 3.65. The molecular formula is C27H37N3O. The smallest absolute Gasteiger partial charge is 0.307 e. The molecule has 0 aliphatic heterocycles. The summed E-state index contributed by atoms with van der Waals surface area (Å²) in [5, 5.41) is 7.10. The predicted molar refractivity (Wildman–Crippen MR) is 136 cm³/mol. The number of para-hydroxylation sites is 1. The summed E-state index contributed by atoms with van der Waals surface area (Å²) in [6, 6.07) is 28.8. The van der Waals surface area contributed by atoms with Crippen molar-refractivity contribution in [3.63, 3.8) is 0 Å². The van der Waals surface area contributed by atoms with E-state index in [9.17, 15) is 4.79 Å². The highest BCUT2D eigenvalue weighted by molar-refractivity contribution is 6.02. The second-order valence-corrected chi connectivity index (χ2v) is 5.52. The number of rotatable bonds is 5. The summed E-state index contributed by atoms with van der Waals surface area (Å²) in [6.45, 7) is 12.0. The Bertz CT molecular complexity index is 832. The van der Waals surface area contributed by atoms with Crippen molar-refractivity contribution in [3.8, 4) is 0 Å². The molecule has 4 heteroatoms. The zero-order valence-corrected chi connectivity index (χ0v) is 19.7. The lowest BCUT2D eigenvalue weighted by Crippen LogP contribution is -2.26. The fourth-order valence-electron chi connectivity index (χ4n) is 2.42. The first kappa shape index (κ1) is 27.6. The number of hydrogen-bond donors (Lipinski definition) is 2. The highest BCUT2D eigenvalue weighted by Gasteiger charge is 2.07. The normalized spacial score (nSPS) is 9.42. The summed E-state index contributed by atoms with van der Waals surface area (Å²) >= 11 is 0. The highest BCUT2D eigenvalue weighted by Crippen LogP contribution is 2.09. The van der Waals surface area contributed by atoms with Crippen LogP contribution in [0.1, 0.15) is 52.7 Å². The molecule has 0 aromatic heterocycles. The maximum Gasteiger partial charge on any atom is 0.339 e. The number of anilines is 1. The molecule has 3 aromatic carbocycles. The third-order valence-corrected chi connectivity index (χ3v) is 3.65. The number of carbonyl (C=O) groups excluding carboxylic acids is 1. The van der Waals surface area contributed by atoms with Gasteiger partial charge in [0.15, 0.2) is 0 Å². The van der Waals surface area contributed by atoms with Gasteiger partial charge in [-0.3, -0.25) is 0 Å². The van der Waals surface area contributed by atoms with Gasteiger partial charge in [-0.1, -0.05) is 120 Å². The van der Waals surface area contributed by atoms with Crippen LogP contribution in [0.4, 0.5) is 10.5 Å². The number of hydrazone groups is 1. The lowest BCUT2D eigenvalue weighted by atomic mass is 10.0. The Hall–Kier alpha value is -3.40. The molecule has 0 fully saturated rings. The molecule has 0 aliphatic rings. The van der Waals surface area contributed by atoms with Crippen molar-refractivity contribution in [1.29, 1.82) is 0 Å². The van der Waals surface area contributed by atoms with E-state index in [1.807, 2.05) is 133 Å². The second-order valence-electron chi connectivity index (χ2n) is 5.52. The molecule has 0 aliphatic carbocycles. The van der Waals surface area contributed by atoms with Gasteiger partial charge in [0.1, 0.15) is 0 Å². The van der Waals surface area contributed by atoms with Crippen molar-refractivity contribution >= 4 is 17.4 Å². The van der Waals surface area contributed by atoms with Crippen molar-refractivity contribution in [2.24, 2.45) is 5.10 Å². The van der Waals surface area contributed by atoms with Crippen molar-refractivity contribution in [1.82, 2.24) is 5.43 Å². The minimum atomic E-state index is -0.368. The number of carbonyl (C=O) groups is 1. The van der Waals surface area contributed by atoms with E-state index in [-0.39, 0.29) is 6.03 Å². The topological polar surface area (TPSA) is 53.5 Å². The van der Waals surface area contributed by atoms with Gasteiger partial charge >= 0.3 is 6.03 Å². The summed E-state index contributed by atoms with van der Waals surface area (Å²) in [7, 11) is 0. The van der Waals surface area contributed by atoms with Crippen LogP contribution in [0, 0.1) is 0 Å². The number of urea groups is 1. The average molecular weight is 420 g/mol. The Morgan fingerprint density at radius 1 is 0.677 bits per heavy atom. The van der Waals surface area contributed by atoms with Gasteiger partial charge in [-0.2, -0.15) is 5.10 Å². The number of hydrogen-bond acceptors (Lipinski definition) is 2. The maximum atomic E-state index is 12.1. The molecule has 4 nitrogen and oxygen atoms in total. The highest BCUT2D eigenvalue weighted by atomic mass is 16.2. The molecule has 166 valence electrons. The van der Waals surface area contributed by atoms with Crippen molar-refractivity contribution in [2.75, 3.05) is 5.32 Å². The van der Waals surface area contributed by atoms with Crippen LogP contribution in [0.5, 0.6) is 0 Å². The molecule has 0 radical (unpaired) electrons. The zero-order valence-electron chi connectivity index (χ0n) is 19.7. The standard InChI is InChI=1S/C21H19N3O.3C2H6/c25-21(22-19-14-8-3-9-15-19)24-23-20(18-12-6-2-7-13-18)16-17-10-4-1-5-11-17;3*1-2/h1-15H,16H2,(H2,22,24,25);3*1-2H3/b23-20+;;;. The van der Waals surface area contributed by atoms with Gasteiger partial charge in [-0.25, -0.2) is 10.2 Å². The van der Waals surface area contributed by atoms with Gasteiger partial charge in [0.05, 0.1) is 5.71 Å². The van der Waals surface area contributed by atoms with Crippen LogP contribution >= 0.6 is 0 Å². The molecule has 0 saturated heterocycles. The molecule has 0 heterocycles. The van der Waals surface area contributed by atoms with E-state index < -0.39 is 0 Å². The monoisotopic (exact) mass is 419 g/mol. The van der Waals surface area contributed by atoms with Crippen LogP contribution in [-0.4, -0.2) is 11.7 Å². The van der Waals surface area contributed by atoms with E-state index >= 15 is 0 Å². The van der Waals surface area contributed by atoms with Crippen LogP contribution in [-0.2, 0) is 6.42 Å². The summed E-state index contributed by atoms with van der Waals surface area (Å²) < 4.78 is 0. The maximum absolute atomic E-state index is 12.1. The van der Waals surface area contributed by atoms with Crippen LogP contribution < -0.4 is 10.7 Å². The molecule has 0 unspecified atom stereocenters. The van der Waals surface area contributed by atoms with E-state index in [1.54, 1.807) is 0 Å². The van der Waals surface area contributed by atoms with Crippen molar-refractivity contribution in [3.05, 3.63) is 102 Å². The molecule has 3 aromatic rings. The largest absolute Gasteiger partial charge is 0.339 e. The SMILES string of the molecule is CC.CC.CC.O=C(N/N=C(\Cc1ccccc1)c1ccccc1)Nc1ccccc1. The van der Waals surface area contributed by atoms with Gasteiger partial charge in [-0.15, -0.1) is 0 Å². The number of nitrogens with one attached hydrogen (secondary N) is 2. The minimum Gasteiger partial charge on any atom is -0.307 e. The fraction of sp³-hybridized carbons (Fsp3) is 0.259. The Morgan fingerprint density at radius 3 is 1.65 bits per heavy atom. The van der Waals surface area contributed by atoms with Gasteiger partial charge < -0.3 is 5.32 Å². The Labute approximate surface area is 188 Å². The number of amides is 2. The summed E-state index contributed by atoms with van der Waals surface area (Å²) in [4.78, 5) is 12.1. The van der Waals surface area contributed by atoms with E-state index in [0.717, 1.165) is 22.5 Å². The molecule has 0 atom stereocenters. The molecule has 0 bridgehead atoms. The average Bonchev–Trinajstić information content (AvgIpc) is 2.87. The van der Waals surface area contributed by atoms with E-state index in [4.69, 9.17) is 0 Å². The third kappa shape index (κ3) is 11.4. The molecule has 3 rings (SSSR count). The lowest BCUT2D eigenvalue weighted by molar-refractivity contribution is 0.252. The van der Waals surface area contributed by atoms with Gasteiger partial charge in [-0.05, 0) is 23.3 Å². The Balaban J connectivity index is 0.00000138. The first-order valence-electron chi connectivity index (χ1n) is 11.1. The molecule has 31 heavy (non-hydrogen) atoms. The Kier molecular flexibility index (Phi) is 16.6. The van der Waals surface area contributed by atoms with Crippen LogP contribution in [0.15, 0.2) is 96.1 Å². The minimum absolute atomic E-state index is 0.368. The first-order chi connectivity index (χ1) is 15.3. The summed E-state index contributed by atoms with van der Waals surface area (Å²) in [5.74, 6) is 0. The van der Waals surface area contributed by atoms with Crippen LogP contribution in [0.2, 0.25) is 0 Å². The van der Waals surface area contributed by atoms with Crippen LogP contribution in [0.3, 0.4) is 0 Å². The molecule has 0 saturated carbocycles. The lowest BCUT2D eigenvalue weighted by Gasteiger charge is -2.09. The predicted octanol–water partition coefficient (Wildman–Crippen LogP) is 7.53. The number of nitrogens with zero attached hydrogens (tertiary/aromatic N) is 1. The Morgan fingerprint density at radius 2 is 1.13 bits per heavy atom. The number of benzene rings is 3. The first-order valence-corrected chi connectivity index (χ1v) is 11.1. The van der Waals surface area contributed by atoms with Gasteiger partial charge in [0.25, 0.3) is 0 Å². The van der Waals surface area contributed by atoms with E-state index in [0.29, 0.717) is 6.42 Å². The van der Waals surface area contributed by atoms with Crippen LogP contribution in [0.25, 0.3) is 0 Å². The van der Waals surface area contributed by atoms with E-state index in [1.165, 1.54) is 0 Å². The van der Waals surface area contributed by atoms with Crippen molar-refractivity contribution < 1.29 is 4.79 Å².